The molecular weight excluding hydrogens is 897 g/mol. The van der Waals surface area contributed by atoms with Gasteiger partial charge in [-0.3, -0.25) is 0 Å². The summed E-state index contributed by atoms with van der Waals surface area (Å²) in [7, 11) is 6.54. The second-order valence-corrected chi connectivity index (χ2v) is 24.8. The van der Waals surface area contributed by atoms with Gasteiger partial charge in [-0.25, -0.2) is 19.2 Å². The Hall–Kier alpha value is -3.74. The van der Waals surface area contributed by atoms with Gasteiger partial charge in [-0.15, -0.1) is 0 Å². The summed E-state index contributed by atoms with van der Waals surface area (Å²) in [6.45, 7) is 33.1. The third-order valence-corrected chi connectivity index (χ3v) is 16.7. The Bertz CT molecular complexity index is 2000. The highest BCUT2D eigenvalue weighted by Crippen LogP contribution is 2.49. The highest BCUT2D eigenvalue weighted by Gasteiger charge is 2.56. The summed E-state index contributed by atoms with van der Waals surface area (Å²) < 4.78 is 24.8. The second kappa shape index (κ2) is 19.3. The zero-order valence-corrected chi connectivity index (χ0v) is 46.0. The average molecular weight is 981 g/mol. The Balaban J connectivity index is 1.46. The quantitative estimate of drug-likeness (QED) is 0.116. The fraction of sp³-hybridized carbons (Fsp3) is 0.741. The Morgan fingerprint density at radius 3 is 0.686 bits per heavy atom. The predicted octanol–water partition coefficient (Wildman–Crippen LogP) is 9.23. The van der Waals surface area contributed by atoms with Crippen LogP contribution in [0.25, 0.3) is 10.8 Å². The maximum Gasteiger partial charge on any atom is 0.338 e. The number of fused-ring (bicyclic) bond motifs is 1. The fourth-order valence-electron chi connectivity index (χ4n) is 13.7. The van der Waals surface area contributed by atoms with Crippen LogP contribution in [-0.2, 0) is 38.3 Å². The van der Waals surface area contributed by atoms with Gasteiger partial charge in [0.25, 0.3) is 0 Å². The van der Waals surface area contributed by atoms with Crippen LogP contribution in [0, 0.1) is 23.7 Å². The van der Waals surface area contributed by atoms with Crippen LogP contribution in [0.2, 0.25) is 0 Å². The van der Waals surface area contributed by atoms with Crippen molar-refractivity contribution < 1.29 is 57.5 Å². The summed E-state index contributed by atoms with van der Waals surface area (Å²) >= 11 is 0. The molecule has 0 bridgehead atoms. The molecule has 0 N–H and O–H groups in total. The first kappa shape index (κ1) is 55.6. The molecule has 4 fully saturated rings. The molecule has 0 amide bonds. The summed E-state index contributed by atoms with van der Waals surface area (Å²) in [5, 5.41) is 7.77. The summed E-state index contributed by atoms with van der Waals surface area (Å²) in [4.78, 5) is 82.3. The van der Waals surface area contributed by atoms with Gasteiger partial charge < -0.3 is 38.3 Å². The van der Waals surface area contributed by atoms with Crippen LogP contribution >= 0.6 is 0 Å². The number of hydroxylamine groups is 8. The fourth-order valence-corrected chi connectivity index (χ4v) is 13.7. The standard InChI is InChI=1S/C54H84N4O12/c1-47(2)25-33(51(9,10)55(47)63-17)29-67-43(59)37-21-22-39(45(61)69-31-35-27-49(5,6)57(65-19)53(35,13)14)42-40(46(62)70-32-36-28-50(7,8)58(66-20)54(36,15)16)24-23-38(41(37)42)44(60)68-30-34-26-48(3,4)56(64-18)52(34,11)12/h21-24,33-36H,25-32H2,1-20H3. The zero-order chi connectivity index (χ0) is 52.5. The van der Waals surface area contributed by atoms with Crippen molar-refractivity contribution in [2.75, 3.05) is 54.9 Å². The van der Waals surface area contributed by atoms with Gasteiger partial charge in [0.15, 0.2) is 0 Å². The molecule has 4 aliphatic rings. The van der Waals surface area contributed by atoms with E-state index in [0.29, 0.717) is 25.7 Å². The van der Waals surface area contributed by atoms with E-state index in [4.69, 9.17) is 38.3 Å². The molecule has 4 atom stereocenters. The summed E-state index contributed by atoms with van der Waals surface area (Å²) in [6.07, 6.45) is 2.68. The molecule has 0 aliphatic carbocycles. The van der Waals surface area contributed by atoms with Crippen LogP contribution in [0.1, 0.15) is 178 Å². The molecule has 2 aromatic rings. The first-order valence-corrected chi connectivity index (χ1v) is 24.8. The van der Waals surface area contributed by atoms with Crippen molar-refractivity contribution in [1.29, 1.82) is 0 Å². The molecule has 4 aliphatic heterocycles. The minimum Gasteiger partial charge on any atom is -0.462 e. The molecule has 4 unspecified atom stereocenters. The van der Waals surface area contributed by atoms with E-state index < -0.39 is 46.0 Å². The van der Waals surface area contributed by atoms with Crippen LogP contribution in [0.4, 0.5) is 0 Å². The number of rotatable bonds is 16. The molecule has 0 saturated carbocycles. The number of carbonyl (C=O) groups excluding carboxylic acids is 4. The average Bonchev–Trinajstić information content (AvgIpc) is 3.72. The maximum atomic E-state index is 14.7. The lowest BCUT2D eigenvalue weighted by atomic mass is 9.87. The number of hydrogen-bond acceptors (Lipinski definition) is 16. The van der Waals surface area contributed by atoms with E-state index in [9.17, 15) is 19.2 Å². The lowest BCUT2D eigenvalue weighted by Crippen LogP contribution is -2.49. The Morgan fingerprint density at radius 1 is 0.371 bits per heavy atom. The number of ether oxygens (including phenoxy) is 4. The number of hydrogen-bond donors (Lipinski definition) is 0. The highest BCUT2D eigenvalue weighted by molar-refractivity contribution is 6.22. The Kier molecular flexibility index (Phi) is 15.3. The molecule has 0 spiro atoms. The monoisotopic (exact) mass is 981 g/mol. The zero-order valence-electron chi connectivity index (χ0n) is 46.0. The van der Waals surface area contributed by atoms with Gasteiger partial charge in [0.05, 0.1) is 77.1 Å². The van der Waals surface area contributed by atoms with E-state index in [1.54, 1.807) is 28.4 Å². The van der Waals surface area contributed by atoms with Gasteiger partial charge in [-0.1, -0.05) is 0 Å². The second-order valence-electron chi connectivity index (χ2n) is 24.8. The molecule has 6 rings (SSSR count). The van der Waals surface area contributed by atoms with Crippen LogP contribution in [0.15, 0.2) is 24.3 Å². The third-order valence-electron chi connectivity index (χ3n) is 16.7. The molecule has 4 saturated heterocycles. The Morgan fingerprint density at radius 2 is 0.543 bits per heavy atom. The molecule has 16 heteroatoms. The lowest BCUT2D eigenvalue weighted by Gasteiger charge is -2.39. The van der Waals surface area contributed by atoms with Crippen molar-refractivity contribution in [3.05, 3.63) is 46.5 Å². The van der Waals surface area contributed by atoms with Crippen LogP contribution in [0.5, 0.6) is 0 Å². The largest absolute Gasteiger partial charge is 0.462 e. The number of nitrogens with zero attached hydrogens (tertiary/aromatic N) is 4. The number of carbonyl (C=O) groups is 4. The van der Waals surface area contributed by atoms with Crippen molar-refractivity contribution in [3.8, 4) is 0 Å². The van der Waals surface area contributed by atoms with Gasteiger partial charge >= 0.3 is 23.9 Å². The topological polar surface area (TPSA) is 155 Å². The van der Waals surface area contributed by atoms with Crippen LogP contribution in [-0.4, -0.2) is 143 Å². The summed E-state index contributed by atoms with van der Waals surface area (Å²) in [6, 6.07) is 5.87. The third kappa shape index (κ3) is 9.77. The van der Waals surface area contributed by atoms with Crippen LogP contribution in [0.3, 0.4) is 0 Å². The van der Waals surface area contributed by atoms with Crippen LogP contribution < -0.4 is 0 Å². The normalized spacial score (nSPS) is 27.4. The van der Waals surface area contributed by atoms with Crippen molar-refractivity contribution in [2.24, 2.45) is 23.7 Å². The van der Waals surface area contributed by atoms with E-state index in [0.717, 1.165) is 0 Å². The molecule has 0 aromatic heterocycles. The molecule has 16 nitrogen and oxygen atoms in total. The first-order valence-electron chi connectivity index (χ1n) is 24.8. The van der Waals surface area contributed by atoms with Crippen molar-refractivity contribution in [3.63, 3.8) is 0 Å². The number of esters is 4. The van der Waals surface area contributed by atoms with E-state index in [1.165, 1.54) is 24.3 Å². The van der Waals surface area contributed by atoms with Gasteiger partial charge in [-0.2, -0.15) is 20.3 Å². The Labute approximate surface area is 417 Å². The minimum absolute atomic E-state index is 0.0220. The SMILES string of the molecule is CON1C(C)(C)CC(COC(=O)c2ccc(C(=O)OCC3CC(C)(C)N(OC)C3(C)C)c3c(C(=O)OCC4CC(C)(C)N(OC)C4(C)C)ccc(C(=O)OCC4CC(C)(C)N(OC)C4(C)C)c23)C1(C)C. The molecular formula is C54H84N4O12. The van der Waals surface area contributed by atoms with Gasteiger partial charge in [-0.05, 0) is 161 Å². The molecule has 0 radical (unpaired) electrons. The summed E-state index contributed by atoms with van der Waals surface area (Å²) in [5.41, 5.74) is -3.53. The van der Waals surface area contributed by atoms with Crippen molar-refractivity contribution >= 4 is 34.6 Å². The van der Waals surface area contributed by atoms with Gasteiger partial charge in [0.1, 0.15) is 0 Å². The predicted molar refractivity (Wildman–Crippen MR) is 266 cm³/mol. The highest BCUT2D eigenvalue weighted by atomic mass is 16.7. The van der Waals surface area contributed by atoms with E-state index >= 15 is 0 Å². The minimum atomic E-state index is -0.743. The van der Waals surface area contributed by atoms with E-state index in [2.05, 4.69) is 55.4 Å². The van der Waals surface area contributed by atoms with Gasteiger partial charge in [0.2, 0.25) is 0 Å². The maximum absolute atomic E-state index is 14.7. The van der Waals surface area contributed by atoms with Crippen molar-refractivity contribution in [1.82, 2.24) is 20.3 Å². The number of benzene rings is 2. The first-order chi connectivity index (χ1) is 32.2. The van der Waals surface area contributed by atoms with E-state index in [1.807, 2.05) is 75.6 Å². The molecule has 70 heavy (non-hydrogen) atoms. The molecule has 2 aromatic carbocycles. The summed E-state index contributed by atoms with van der Waals surface area (Å²) in [5.74, 6) is -3.51. The lowest BCUT2D eigenvalue weighted by molar-refractivity contribution is -0.224. The smallest absolute Gasteiger partial charge is 0.338 e. The van der Waals surface area contributed by atoms with E-state index in [-0.39, 0.29) is 105 Å². The molecule has 392 valence electrons. The van der Waals surface area contributed by atoms with Crippen molar-refractivity contribution in [2.45, 2.75) is 181 Å². The molecule has 4 heterocycles. The van der Waals surface area contributed by atoms with Gasteiger partial charge in [0, 0.05) is 78.8 Å².